The van der Waals surface area contributed by atoms with Crippen LogP contribution in [0, 0.1) is 13.8 Å². The number of halogens is 1. The first-order valence-corrected chi connectivity index (χ1v) is 6.48. The van der Waals surface area contributed by atoms with Crippen molar-refractivity contribution < 1.29 is 4.52 Å². The monoisotopic (exact) mass is 262 g/mol. The van der Waals surface area contributed by atoms with Crippen molar-refractivity contribution in [2.24, 2.45) is 0 Å². The molecule has 0 aliphatic heterocycles. The standard InChI is InChI=1S/C14H15ClN2O/c1-8-14(9(2)18-17-8)11-5-3-10(4-6-11)12-7-13(12)16-15/h3-6,12-13,16H,7H2,1-2H3. The number of hydrogen-bond donors (Lipinski definition) is 1. The third-order valence-electron chi connectivity index (χ3n) is 3.59. The van der Waals surface area contributed by atoms with Crippen LogP contribution in [0.3, 0.4) is 0 Å². The predicted octanol–water partition coefficient (Wildman–Crippen LogP) is 3.56. The maximum atomic E-state index is 5.63. The van der Waals surface area contributed by atoms with Crippen molar-refractivity contribution in [3.8, 4) is 11.1 Å². The van der Waals surface area contributed by atoms with Crippen LogP contribution in [0.5, 0.6) is 0 Å². The van der Waals surface area contributed by atoms with Crippen molar-refractivity contribution in [1.82, 2.24) is 9.99 Å². The maximum Gasteiger partial charge on any atom is 0.141 e. The molecule has 0 radical (unpaired) electrons. The summed E-state index contributed by atoms with van der Waals surface area (Å²) in [6.07, 6.45) is 1.12. The van der Waals surface area contributed by atoms with Gasteiger partial charge in [0.15, 0.2) is 0 Å². The molecule has 1 aliphatic rings. The van der Waals surface area contributed by atoms with Gasteiger partial charge in [-0.15, -0.1) is 0 Å². The Hall–Kier alpha value is -1.32. The Balaban J connectivity index is 1.88. The molecule has 1 heterocycles. The van der Waals surface area contributed by atoms with E-state index in [-0.39, 0.29) is 0 Å². The van der Waals surface area contributed by atoms with Crippen molar-refractivity contribution in [2.45, 2.75) is 32.2 Å². The smallest absolute Gasteiger partial charge is 0.141 e. The summed E-state index contributed by atoms with van der Waals surface area (Å²) < 4.78 is 5.20. The van der Waals surface area contributed by atoms with Crippen LogP contribution in [0.15, 0.2) is 28.8 Å². The molecule has 0 bridgehead atoms. The highest BCUT2D eigenvalue weighted by molar-refractivity contribution is 6.13. The zero-order valence-electron chi connectivity index (χ0n) is 10.4. The summed E-state index contributed by atoms with van der Waals surface area (Å²) in [5.41, 5.74) is 4.53. The van der Waals surface area contributed by atoms with Crippen molar-refractivity contribution in [2.75, 3.05) is 0 Å². The van der Waals surface area contributed by atoms with Crippen LogP contribution in [0.25, 0.3) is 11.1 Å². The fraction of sp³-hybridized carbons (Fsp3) is 0.357. The molecule has 3 rings (SSSR count). The van der Waals surface area contributed by atoms with Crippen molar-refractivity contribution in [1.29, 1.82) is 0 Å². The van der Waals surface area contributed by atoms with Crippen LogP contribution in [-0.2, 0) is 0 Å². The first-order chi connectivity index (χ1) is 8.70. The summed E-state index contributed by atoms with van der Waals surface area (Å²) in [7, 11) is 0. The van der Waals surface area contributed by atoms with Crippen LogP contribution in [0.2, 0.25) is 0 Å². The molecule has 0 saturated heterocycles. The lowest BCUT2D eigenvalue weighted by atomic mass is 10.0. The lowest BCUT2D eigenvalue weighted by Crippen LogP contribution is -2.02. The number of aromatic nitrogens is 1. The summed E-state index contributed by atoms with van der Waals surface area (Å²) >= 11 is 5.63. The van der Waals surface area contributed by atoms with E-state index in [4.69, 9.17) is 16.3 Å². The van der Waals surface area contributed by atoms with Crippen LogP contribution in [0.4, 0.5) is 0 Å². The van der Waals surface area contributed by atoms with Crippen molar-refractivity contribution in [3.63, 3.8) is 0 Å². The van der Waals surface area contributed by atoms with Crippen molar-refractivity contribution in [3.05, 3.63) is 41.3 Å². The minimum absolute atomic E-state index is 0.427. The first-order valence-electron chi connectivity index (χ1n) is 6.10. The summed E-state index contributed by atoms with van der Waals surface area (Å²) in [4.78, 5) is 2.80. The number of benzene rings is 1. The Morgan fingerprint density at radius 3 is 2.50 bits per heavy atom. The topological polar surface area (TPSA) is 38.1 Å². The van der Waals surface area contributed by atoms with Gasteiger partial charge in [-0.25, -0.2) is 4.84 Å². The minimum atomic E-state index is 0.427. The van der Waals surface area contributed by atoms with Gasteiger partial charge in [0.1, 0.15) is 5.76 Å². The van der Waals surface area contributed by atoms with E-state index in [9.17, 15) is 0 Å². The molecular weight excluding hydrogens is 248 g/mol. The number of rotatable bonds is 3. The Morgan fingerprint density at radius 2 is 2.00 bits per heavy atom. The Labute approximate surface area is 111 Å². The molecule has 2 aromatic rings. The molecule has 1 N–H and O–H groups in total. The molecule has 18 heavy (non-hydrogen) atoms. The lowest BCUT2D eigenvalue weighted by molar-refractivity contribution is 0.393. The van der Waals surface area contributed by atoms with E-state index in [1.165, 1.54) is 5.56 Å². The SMILES string of the molecule is Cc1noc(C)c1-c1ccc(C2CC2NCl)cc1. The second-order valence-corrected chi connectivity index (χ2v) is 5.10. The van der Waals surface area contributed by atoms with E-state index in [2.05, 4.69) is 34.3 Å². The Kier molecular flexibility index (Phi) is 2.88. The molecule has 1 aromatic heterocycles. The Morgan fingerprint density at radius 1 is 1.28 bits per heavy atom. The van der Waals surface area contributed by atoms with Gasteiger partial charge in [-0.05, 0) is 43.2 Å². The van der Waals surface area contributed by atoms with Crippen LogP contribution >= 0.6 is 11.8 Å². The summed E-state index contributed by atoms with van der Waals surface area (Å²) in [5, 5.41) is 3.99. The third-order valence-corrected chi connectivity index (χ3v) is 3.87. The number of hydrogen-bond acceptors (Lipinski definition) is 3. The molecule has 0 amide bonds. The fourth-order valence-electron chi connectivity index (χ4n) is 2.48. The molecule has 1 saturated carbocycles. The highest BCUT2D eigenvalue weighted by Crippen LogP contribution is 2.41. The van der Waals surface area contributed by atoms with Crippen LogP contribution in [0.1, 0.15) is 29.4 Å². The van der Waals surface area contributed by atoms with E-state index in [1.54, 1.807) is 0 Å². The zero-order chi connectivity index (χ0) is 12.7. The largest absolute Gasteiger partial charge is 0.361 e. The van der Waals surface area contributed by atoms with Gasteiger partial charge >= 0.3 is 0 Å². The van der Waals surface area contributed by atoms with E-state index in [0.29, 0.717) is 12.0 Å². The van der Waals surface area contributed by atoms with E-state index in [1.807, 2.05) is 13.8 Å². The molecule has 3 nitrogen and oxygen atoms in total. The summed E-state index contributed by atoms with van der Waals surface area (Å²) in [6, 6.07) is 9.02. The highest BCUT2D eigenvalue weighted by Gasteiger charge is 2.37. The van der Waals surface area contributed by atoms with Gasteiger partial charge in [0.05, 0.1) is 5.69 Å². The average Bonchev–Trinajstić information content (AvgIpc) is 3.10. The van der Waals surface area contributed by atoms with E-state index in [0.717, 1.165) is 29.0 Å². The molecular formula is C14H15ClN2O. The van der Waals surface area contributed by atoms with Gasteiger partial charge in [0, 0.05) is 17.5 Å². The molecule has 0 spiro atoms. The normalized spacial score (nSPS) is 22.2. The molecule has 2 atom stereocenters. The van der Waals surface area contributed by atoms with Gasteiger partial charge in [0.25, 0.3) is 0 Å². The molecule has 1 aromatic carbocycles. The minimum Gasteiger partial charge on any atom is -0.361 e. The second kappa shape index (κ2) is 4.41. The van der Waals surface area contributed by atoms with Gasteiger partial charge in [0.2, 0.25) is 0 Å². The van der Waals surface area contributed by atoms with Gasteiger partial charge in [-0.1, -0.05) is 29.4 Å². The first kappa shape index (κ1) is 11.8. The number of aryl methyl sites for hydroxylation is 2. The van der Waals surface area contributed by atoms with Gasteiger partial charge in [-0.2, -0.15) is 0 Å². The second-order valence-electron chi connectivity index (χ2n) is 4.88. The average molecular weight is 263 g/mol. The number of nitrogens with zero attached hydrogens (tertiary/aromatic N) is 1. The van der Waals surface area contributed by atoms with Gasteiger partial charge < -0.3 is 4.52 Å². The molecule has 2 unspecified atom stereocenters. The van der Waals surface area contributed by atoms with Crippen LogP contribution in [-0.4, -0.2) is 11.2 Å². The summed E-state index contributed by atoms with van der Waals surface area (Å²) in [5.74, 6) is 1.42. The Bertz CT molecular complexity index is 542. The molecule has 1 aliphatic carbocycles. The van der Waals surface area contributed by atoms with Crippen LogP contribution < -0.4 is 4.84 Å². The fourth-order valence-corrected chi connectivity index (χ4v) is 2.72. The maximum absolute atomic E-state index is 5.63. The lowest BCUT2D eigenvalue weighted by Gasteiger charge is -2.03. The zero-order valence-corrected chi connectivity index (χ0v) is 11.2. The predicted molar refractivity (Wildman–Crippen MR) is 71.5 cm³/mol. The summed E-state index contributed by atoms with van der Waals surface area (Å²) in [6.45, 7) is 3.91. The van der Waals surface area contributed by atoms with E-state index >= 15 is 0 Å². The molecule has 1 fully saturated rings. The number of nitrogens with one attached hydrogen (secondary N) is 1. The molecule has 94 valence electrons. The highest BCUT2D eigenvalue weighted by atomic mass is 35.5. The van der Waals surface area contributed by atoms with E-state index < -0.39 is 0 Å². The molecule has 4 heteroatoms. The quantitative estimate of drug-likeness (QED) is 0.860. The van der Waals surface area contributed by atoms with Crippen molar-refractivity contribution >= 4 is 11.8 Å². The van der Waals surface area contributed by atoms with Gasteiger partial charge in [-0.3, -0.25) is 0 Å². The third kappa shape index (κ3) is 1.93.